The third kappa shape index (κ3) is 3.04. The number of benzene rings is 1. The predicted octanol–water partition coefficient (Wildman–Crippen LogP) is 3.45. The molecular weight excluding hydrogens is 371 g/mol. The monoisotopic (exact) mass is 382 g/mol. The largest absolute Gasteiger partial charge is 0.496 e. The molecular formula is C12H13Br2FO3. The zero-order valence-corrected chi connectivity index (χ0v) is 13.0. The zero-order chi connectivity index (χ0) is 13.1. The minimum absolute atomic E-state index is 0.106. The van der Waals surface area contributed by atoms with E-state index in [1.54, 1.807) is 6.07 Å². The number of alkyl halides is 1. The van der Waals surface area contributed by atoms with Crippen LogP contribution in [0.15, 0.2) is 16.6 Å². The first kappa shape index (κ1) is 14.2. The topological polar surface area (TPSA) is 27.7 Å². The Morgan fingerprint density at radius 2 is 2.22 bits per heavy atom. The van der Waals surface area contributed by atoms with Crippen molar-refractivity contribution in [3.05, 3.63) is 28.0 Å². The molecule has 1 aromatic rings. The summed E-state index contributed by atoms with van der Waals surface area (Å²) in [6.07, 6.45) is -0.106. The number of rotatable bonds is 3. The Labute approximate surface area is 122 Å². The van der Waals surface area contributed by atoms with E-state index in [9.17, 15) is 4.39 Å². The smallest absolute Gasteiger partial charge is 0.141 e. The second-order valence-corrected chi connectivity index (χ2v) is 5.74. The van der Waals surface area contributed by atoms with Crippen LogP contribution in [0.3, 0.4) is 0 Å². The molecule has 100 valence electrons. The number of ether oxygens (including phenoxy) is 3. The number of methoxy groups -OCH3 is 1. The third-order valence-electron chi connectivity index (χ3n) is 2.74. The van der Waals surface area contributed by atoms with Gasteiger partial charge >= 0.3 is 0 Å². The van der Waals surface area contributed by atoms with Gasteiger partial charge < -0.3 is 14.2 Å². The van der Waals surface area contributed by atoms with E-state index in [4.69, 9.17) is 14.2 Å². The summed E-state index contributed by atoms with van der Waals surface area (Å²) in [4.78, 5) is -0.107. The van der Waals surface area contributed by atoms with Crippen LogP contribution in [0.5, 0.6) is 5.75 Å². The highest BCUT2D eigenvalue weighted by molar-refractivity contribution is 9.10. The van der Waals surface area contributed by atoms with Crippen molar-refractivity contribution in [1.29, 1.82) is 0 Å². The lowest BCUT2D eigenvalue weighted by atomic mass is 10.1. The van der Waals surface area contributed by atoms with Crippen molar-refractivity contribution in [2.24, 2.45) is 0 Å². The van der Waals surface area contributed by atoms with Gasteiger partial charge in [-0.2, -0.15) is 0 Å². The summed E-state index contributed by atoms with van der Waals surface area (Å²) in [7, 11) is 1.52. The highest BCUT2D eigenvalue weighted by Gasteiger charge is 2.27. The zero-order valence-electron chi connectivity index (χ0n) is 9.79. The van der Waals surface area contributed by atoms with Gasteiger partial charge in [0.25, 0.3) is 0 Å². The summed E-state index contributed by atoms with van der Waals surface area (Å²) in [6.45, 7) is 1.69. The Balaban J connectivity index is 2.27. The van der Waals surface area contributed by atoms with E-state index in [0.29, 0.717) is 30.0 Å². The number of hydrogen-bond donors (Lipinski definition) is 0. The maximum Gasteiger partial charge on any atom is 0.141 e. The van der Waals surface area contributed by atoms with E-state index < -0.39 is 0 Å². The number of halogens is 3. The average molecular weight is 384 g/mol. The molecule has 0 spiro atoms. The first-order chi connectivity index (χ1) is 8.63. The minimum atomic E-state index is -0.351. The standard InChI is InChI=1S/C12H13Br2FO3/c1-16-10-5-9(15)8(13)4-7(10)12(14)11-6-17-2-3-18-11/h4-5,11-12H,2-3,6H2,1H3. The summed E-state index contributed by atoms with van der Waals surface area (Å²) in [5, 5.41) is 0. The fourth-order valence-corrected chi connectivity index (χ4v) is 2.84. The molecule has 3 nitrogen and oxygen atoms in total. The van der Waals surface area contributed by atoms with Crippen molar-refractivity contribution >= 4 is 31.9 Å². The van der Waals surface area contributed by atoms with Crippen LogP contribution in [0.2, 0.25) is 0 Å². The quantitative estimate of drug-likeness (QED) is 0.748. The van der Waals surface area contributed by atoms with Crippen LogP contribution in [0.1, 0.15) is 10.4 Å². The van der Waals surface area contributed by atoms with Gasteiger partial charge in [-0.1, -0.05) is 15.9 Å². The summed E-state index contributed by atoms with van der Waals surface area (Å²) < 4.78 is 30.1. The van der Waals surface area contributed by atoms with Gasteiger partial charge in [-0.25, -0.2) is 4.39 Å². The second-order valence-electron chi connectivity index (χ2n) is 3.89. The lowest BCUT2D eigenvalue weighted by molar-refractivity contribution is -0.0877. The molecule has 2 atom stereocenters. The molecule has 1 aliphatic rings. The van der Waals surface area contributed by atoms with E-state index in [2.05, 4.69) is 31.9 Å². The van der Waals surface area contributed by atoms with Crippen molar-refractivity contribution < 1.29 is 18.6 Å². The van der Waals surface area contributed by atoms with E-state index >= 15 is 0 Å². The molecule has 1 heterocycles. The van der Waals surface area contributed by atoms with Crippen LogP contribution < -0.4 is 4.74 Å². The molecule has 1 fully saturated rings. The lowest BCUT2D eigenvalue weighted by Crippen LogP contribution is -2.31. The highest BCUT2D eigenvalue weighted by Crippen LogP contribution is 2.38. The van der Waals surface area contributed by atoms with Gasteiger partial charge in [-0.3, -0.25) is 0 Å². The molecule has 0 radical (unpaired) electrons. The van der Waals surface area contributed by atoms with Crippen molar-refractivity contribution in [3.8, 4) is 5.75 Å². The van der Waals surface area contributed by atoms with Gasteiger partial charge in [-0.15, -0.1) is 0 Å². The molecule has 1 saturated heterocycles. The Morgan fingerprint density at radius 3 is 2.83 bits per heavy atom. The van der Waals surface area contributed by atoms with Gasteiger partial charge in [0.05, 0.1) is 42.3 Å². The predicted molar refractivity (Wildman–Crippen MR) is 72.9 cm³/mol. The second kappa shape index (κ2) is 6.32. The van der Waals surface area contributed by atoms with E-state index in [0.717, 1.165) is 5.56 Å². The van der Waals surface area contributed by atoms with Crippen LogP contribution in [-0.4, -0.2) is 33.0 Å². The van der Waals surface area contributed by atoms with E-state index in [1.807, 2.05) is 0 Å². The third-order valence-corrected chi connectivity index (χ3v) is 4.43. The summed E-state index contributed by atoms with van der Waals surface area (Å²) in [5.41, 5.74) is 0.835. The lowest BCUT2D eigenvalue weighted by Gasteiger charge is -2.28. The molecule has 0 bridgehead atoms. The van der Waals surface area contributed by atoms with Gasteiger partial charge in [0.2, 0.25) is 0 Å². The fourth-order valence-electron chi connectivity index (χ4n) is 1.81. The molecule has 1 aliphatic heterocycles. The molecule has 0 aliphatic carbocycles. The van der Waals surface area contributed by atoms with Crippen LogP contribution in [0.25, 0.3) is 0 Å². The average Bonchev–Trinajstić information content (AvgIpc) is 2.41. The maximum atomic E-state index is 13.5. The molecule has 0 amide bonds. The van der Waals surface area contributed by atoms with Gasteiger partial charge in [0, 0.05) is 11.6 Å². The van der Waals surface area contributed by atoms with E-state index in [1.165, 1.54) is 13.2 Å². The summed E-state index contributed by atoms with van der Waals surface area (Å²) in [5.74, 6) is 0.142. The number of hydrogen-bond acceptors (Lipinski definition) is 3. The summed E-state index contributed by atoms with van der Waals surface area (Å²) in [6, 6.07) is 3.06. The Kier molecular flexibility index (Phi) is 5.00. The maximum absolute atomic E-state index is 13.5. The molecule has 2 unspecified atom stereocenters. The van der Waals surface area contributed by atoms with Gasteiger partial charge in [0.15, 0.2) is 0 Å². The van der Waals surface area contributed by atoms with Crippen LogP contribution in [0, 0.1) is 5.82 Å². The van der Waals surface area contributed by atoms with Crippen molar-refractivity contribution in [2.45, 2.75) is 10.9 Å². The first-order valence-corrected chi connectivity index (χ1v) is 7.20. The Bertz CT molecular complexity index is 422. The molecule has 0 N–H and O–H groups in total. The Morgan fingerprint density at radius 1 is 1.44 bits per heavy atom. The van der Waals surface area contributed by atoms with Crippen molar-refractivity contribution in [1.82, 2.24) is 0 Å². The normalized spacial score (nSPS) is 21.7. The van der Waals surface area contributed by atoms with Crippen LogP contribution in [-0.2, 0) is 9.47 Å². The summed E-state index contributed by atoms with van der Waals surface area (Å²) >= 11 is 6.75. The molecule has 0 saturated carbocycles. The van der Waals surface area contributed by atoms with Crippen molar-refractivity contribution in [2.75, 3.05) is 26.9 Å². The van der Waals surface area contributed by atoms with Gasteiger partial charge in [-0.05, 0) is 22.0 Å². The minimum Gasteiger partial charge on any atom is -0.496 e. The fraction of sp³-hybridized carbons (Fsp3) is 0.500. The van der Waals surface area contributed by atoms with Crippen LogP contribution >= 0.6 is 31.9 Å². The van der Waals surface area contributed by atoms with Crippen molar-refractivity contribution in [3.63, 3.8) is 0 Å². The highest BCUT2D eigenvalue weighted by atomic mass is 79.9. The molecule has 1 aromatic carbocycles. The van der Waals surface area contributed by atoms with E-state index in [-0.39, 0.29) is 16.7 Å². The molecule has 18 heavy (non-hydrogen) atoms. The SMILES string of the molecule is COc1cc(F)c(Br)cc1C(Br)C1COCCO1. The van der Waals surface area contributed by atoms with Gasteiger partial charge in [0.1, 0.15) is 11.6 Å². The van der Waals surface area contributed by atoms with Crippen LogP contribution in [0.4, 0.5) is 4.39 Å². The molecule has 6 heteroatoms. The molecule has 0 aromatic heterocycles. The first-order valence-electron chi connectivity index (χ1n) is 5.50. The Hall–Kier alpha value is -0.170. The molecule has 2 rings (SSSR count).